The maximum atomic E-state index is 5.73. The molecule has 6 heteroatoms. The molecule has 0 aliphatic carbocycles. The van der Waals surface area contributed by atoms with Gasteiger partial charge in [-0.2, -0.15) is 21.7 Å². The summed E-state index contributed by atoms with van der Waals surface area (Å²) in [5.41, 5.74) is 5.73. The molecule has 0 amide bonds. The van der Waals surface area contributed by atoms with Crippen molar-refractivity contribution in [1.29, 1.82) is 0 Å². The number of rotatable bonds is 6. The van der Waals surface area contributed by atoms with Crippen LogP contribution in [0, 0.1) is 0 Å². The highest BCUT2D eigenvalue weighted by molar-refractivity contribution is 7.99. The number of anilines is 3. The molecule has 2 heterocycles. The van der Waals surface area contributed by atoms with Crippen molar-refractivity contribution in [1.82, 2.24) is 9.97 Å². The average molecular weight is 281 g/mol. The van der Waals surface area contributed by atoms with Crippen molar-refractivity contribution in [3.05, 3.63) is 6.07 Å². The number of hydrogen-bond donors (Lipinski definition) is 3. The van der Waals surface area contributed by atoms with E-state index in [2.05, 4.69) is 39.3 Å². The Morgan fingerprint density at radius 1 is 1.32 bits per heavy atom. The predicted octanol–water partition coefficient (Wildman–Crippen LogP) is 2.58. The van der Waals surface area contributed by atoms with Gasteiger partial charge in [-0.3, -0.25) is 0 Å². The lowest BCUT2D eigenvalue weighted by Gasteiger charge is -2.21. The molecule has 2 rings (SSSR count). The summed E-state index contributed by atoms with van der Waals surface area (Å²) in [6, 6.07) is 1.93. The monoisotopic (exact) mass is 281 g/mol. The van der Waals surface area contributed by atoms with E-state index in [0.717, 1.165) is 31.1 Å². The number of nitrogens with two attached hydrogens (primary N) is 1. The molecule has 1 fully saturated rings. The molecule has 106 valence electrons. The molecule has 0 radical (unpaired) electrons. The van der Waals surface area contributed by atoms with Gasteiger partial charge in [-0.05, 0) is 25.0 Å². The number of hydrogen-bond acceptors (Lipinski definition) is 6. The normalized spacial score (nSPS) is 19.1. The van der Waals surface area contributed by atoms with Gasteiger partial charge in [0, 0.05) is 24.4 Å². The molecule has 1 unspecified atom stereocenters. The van der Waals surface area contributed by atoms with Gasteiger partial charge in [0.15, 0.2) is 0 Å². The summed E-state index contributed by atoms with van der Waals surface area (Å²) in [6.07, 6.45) is 5.05. The summed E-state index contributed by atoms with van der Waals surface area (Å²) in [6.45, 7) is 3.97. The van der Waals surface area contributed by atoms with Crippen LogP contribution in [0.4, 0.5) is 17.6 Å². The second kappa shape index (κ2) is 7.43. The maximum Gasteiger partial charge on any atom is 0.223 e. The van der Waals surface area contributed by atoms with Crippen LogP contribution in [-0.4, -0.2) is 34.1 Å². The lowest BCUT2D eigenvalue weighted by molar-refractivity contribution is 0.677. The van der Waals surface area contributed by atoms with Gasteiger partial charge in [0.05, 0.1) is 0 Å². The van der Waals surface area contributed by atoms with Crippen LogP contribution in [0.15, 0.2) is 6.07 Å². The smallest absolute Gasteiger partial charge is 0.223 e. The van der Waals surface area contributed by atoms with Crippen LogP contribution in [0.3, 0.4) is 0 Å². The van der Waals surface area contributed by atoms with Crippen molar-refractivity contribution in [3.8, 4) is 0 Å². The molecule has 1 aromatic heterocycles. The molecule has 1 atom stereocenters. The predicted molar refractivity (Wildman–Crippen MR) is 83.8 cm³/mol. The molecule has 0 spiro atoms. The van der Waals surface area contributed by atoms with Gasteiger partial charge in [0.25, 0.3) is 0 Å². The Balaban J connectivity index is 1.89. The Morgan fingerprint density at radius 2 is 2.11 bits per heavy atom. The number of aromatic nitrogens is 2. The Kier molecular flexibility index (Phi) is 5.57. The second-order valence-corrected chi connectivity index (χ2v) is 6.20. The largest absolute Gasteiger partial charge is 0.370 e. The molecule has 1 aromatic rings. The molecular weight excluding hydrogens is 258 g/mol. The Hall–Kier alpha value is -1.17. The third kappa shape index (κ3) is 4.78. The minimum absolute atomic E-state index is 0.319. The van der Waals surface area contributed by atoms with Gasteiger partial charge in [-0.25, -0.2) is 0 Å². The zero-order valence-corrected chi connectivity index (χ0v) is 12.3. The van der Waals surface area contributed by atoms with Crippen molar-refractivity contribution in [2.45, 2.75) is 37.9 Å². The zero-order valence-electron chi connectivity index (χ0n) is 11.5. The van der Waals surface area contributed by atoms with Crippen molar-refractivity contribution in [2.24, 2.45) is 0 Å². The minimum atomic E-state index is 0.319. The first-order chi connectivity index (χ1) is 9.28. The highest BCUT2D eigenvalue weighted by atomic mass is 32.2. The summed E-state index contributed by atoms with van der Waals surface area (Å²) in [5, 5.41) is 7.31. The van der Waals surface area contributed by atoms with E-state index < -0.39 is 0 Å². The SMILES string of the molecule is CCCNc1cc(NCC2CCCCS2)nc(N)n1. The average Bonchev–Trinajstić information content (AvgIpc) is 2.43. The zero-order chi connectivity index (χ0) is 13.5. The third-order valence-electron chi connectivity index (χ3n) is 3.08. The molecule has 1 aliphatic rings. The molecule has 5 nitrogen and oxygen atoms in total. The molecule has 4 N–H and O–H groups in total. The highest BCUT2D eigenvalue weighted by Crippen LogP contribution is 2.25. The van der Waals surface area contributed by atoms with Gasteiger partial charge < -0.3 is 16.4 Å². The van der Waals surface area contributed by atoms with Crippen molar-refractivity contribution in [3.63, 3.8) is 0 Å². The van der Waals surface area contributed by atoms with Crippen molar-refractivity contribution < 1.29 is 0 Å². The summed E-state index contributed by atoms with van der Waals surface area (Å²) in [5.74, 6) is 3.21. The maximum absolute atomic E-state index is 5.73. The van der Waals surface area contributed by atoms with E-state index in [0.29, 0.717) is 11.2 Å². The Bertz CT molecular complexity index is 393. The molecule has 0 saturated carbocycles. The first-order valence-corrected chi connectivity index (χ1v) is 8.06. The van der Waals surface area contributed by atoms with Gasteiger partial charge >= 0.3 is 0 Å². The van der Waals surface area contributed by atoms with Crippen LogP contribution >= 0.6 is 11.8 Å². The van der Waals surface area contributed by atoms with Crippen molar-refractivity contribution >= 4 is 29.3 Å². The van der Waals surface area contributed by atoms with E-state index in [4.69, 9.17) is 5.73 Å². The van der Waals surface area contributed by atoms with Crippen LogP contribution in [0.2, 0.25) is 0 Å². The highest BCUT2D eigenvalue weighted by Gasteiger charge is 2.13. The van der Waals surface area contributed by atoms with Gasteiger partial charge in [0.1, 0.15) is 11.6 Å². The van der Waals surface area contributed by atoms with Gasteiger partial charge in [-0.15, -0.1) is 0 Å². The van der Waals surface area contributed by atoms with Crippen LogP contribution in [-0.2, 0) is 0 Å². The van der Waals surface area contributed by atoms with Crippen LogP contribution in [0.5, 0.6) is 0 Å². The number of nitrogens with zero attached hydrogens (tertiary/aromatic N) is 2. The van der Waals surface area contributed by atoms with Crippen molar-refractivity contribution in [2.75, 3.05) is 35.2 Å². The summed E-state index contributed by atoms with van der Waals surface area (Å²) >= 11 is 2.05. The van der Waals surface area contributed by atoms with Crippen LogP contribution in [0.25, 0.3) is 0 Å². The van der Waals surface area contributed by atoms with Crippen LogP contribution in [0.1, 0.15) is 32.6 Å². The van der Waals surface area contributed by atoms with E-state index in [-0.39, 0.29) is 0 Å². The topological polar surface area (TPSA) is 75.9 Å². The summed E-state index contributed by atoms with van der Waals surface area (Å²) in [7, 11) is 0. The summed E-state index contributed by atoms with van der Waals surface area (Å²) < 4.78 is 0. The van der Waals surface area contributed by atoms with E-state index in [9.17, 15) is 0 Å². The standard InChI is InChI=1S/C13H23N5S/c1-2-6-15-11-8-12(18-13(14)17-11)16-9-10-5-3-4-7-19-10/h8,10H,2-7,9H2,1H3,(H4,14,15,16,17,18). The summed E-state index contributed by atoms with van der Waals surface area (Å²) in [4.78, 5) is 8.41. The fourth-order valence-corrected chi connectivity index (χ4v) is 3.33. The molecule has 1 aliphatic heterocycles. The van der Waals surface area contributed by atoms with E-state index >= 15 is 0 Å². The first-order valence-electron chi connectivity index (χ1n) is 7.02. The lowest BCUT2D eigenvalue weighted by atomic mass is 10.2. The van der Waals surface area contributed by atoms with Gasteiger partial charge in [-0.1, -0.05) is 13.3 Å². The lowest BCUT2D eigenvalue weighted by Crippen LogP contribution is -2.20. The minimum Gasteiger partial charge on any atom is -0.370 e. The third-order valence-corrected chi connectivity index (χ3v) is 4.48. The van der Waals surface area contributed by atoms with Gasteiger partial charge in [0.2, 0.25) is 5.95 Å². The molecule has 1 saturated heterocycles. The van der Waals surface area contributed by atoms with Crippen LogP contribution < -0.4 is 16.4 Å². The fourth-order valence-electron chi connectivity index (χ4n) is 2.09. The molecule has 0 aromatic carbocycles. The second-order valence-electron chi connectivity index (χ2n) is 4.79. The number of thioether (sulfide) groups is 1. The first kappa shape index (κ1) is 14.2. The molecular formula is C13H23N5S. The van der Waals surface area contributed by atoms with E-state index in [1.807, 2.05) is 6.07 Å². The molecule has 19 heavy (non-hydrogen) atoms. The quantitative estimate of drug-likeness (QED) is 0.744. The number of nitrogen functional groups attached to an aromatic ring is 1. The Labute approximate surface area is 119 Å². The fraction of sp³-hybridized carbons (Fsp3) is 0.692. The van der Waals surface area contributed by atoms with E-state index in [1.54, 1.807) is 0 Å². The Morgan fingerprint density at radius 3 is 2.79 bits per heavy atom. The molecule has 0 bridgehead atoms. The van der Waals surface area contributed by atoms with E-state index in [1.165, 1.54) is 25.0 Å². The number of nitrogens with one attached hydrogen (secondary N) is 2.